The van der Waals surface area contributed by atoms with E-state index in [0.717, 1.165) is 17.4 Å². The molecule has 1 amide bonds. The van der Waals surface area contributed by atoms with Crippen molar-refractivity contribution in [2.45, 2.75) is 38.8 Å². The lowest BCUT2D eigenvalue weighted by molar-refractivity contribution is 0.0618. The van der Waals surface area contributed by atoms with E-state index < -0.39 is 15.6 Å². The van der Waals surface area contributed by atoms with Crippen LogP contribution in [0.5, 0.6) is 11.5 Å². The molecule has 3 rings (SSSR count). The summed E-state index contributed by atoms with van der Waals surface area (Å²) in [6.45, 7) is 5.76. The second-order valence-electron chi connectivity index (χ2n) is 8.23. The van der Waals surface area contributed by atoms with Crippen LogP contribution in [0, 0.1) is 6.92 Å². The third-order valence-corrected chi connectivity index (χ3v) is 6.48. The zero-order valence-corrected chi connectivity index (χ0v) is 19.0. The molecule has 0 aliphatic carbocycles. The van der Waals surface area contributed by atoms with Gasteiger partial charge in [0.05, 0.1) is 25.1 Å². The van der Waals surface area contributed by atoms with E-state index in [9.17, 15) is 13.2 Å². The quantitative estimate of drug-likeness (QED) is 0.782. The zero-order valence-electron chi connectivity index (χ0n) is 18.1. The molecule has 2 aromatic carbocycles. The molecule has 0 aromatic heterocycles. The highest BCUT2D eigenvalue weighted by Crippen LogP contribution is 2.41. The van der Waals surface area contributed by atoms with Crippen LogP contribution in [0.3, 0.4) is 0 Å². The van der Waals surface area contributed by atoms with Gasteiger partial charge in [-0.1, -0.05) is 6.07 Å². The fraction of sp³-hybridized carbons (Fsp3) is 0.409. The van der Waals surface area contributed by atoms with E-state index in [1.165, 1.54) is 11.4 Å². The van der Waals surface area contributed by atoms with Gasteiger partial charge >= 0.3 is 0 Å². The smallest absolute Gasteiger partial charge is 0.251 e. The van der Waals surface area contributed by atoms with Crippen LogP contribution in [0.25, 0.3) is 0 Å². The highest BCUT2D eigenvalue weighted by atomic mass is 32.2. The molecule has 2 aromatic rings. The molecule has 1 atom stereocenters. The van der Waals surface area contributed by atoms with Crippen molar-refractivity contribution in [1.29, 1.82) is 0 Å². The van der Waals surface area contributed by atoms with Crippen molar-refractivity contribution in [3.63, 3.8) is 0 Å². The van der Waals surface area contributed by atoms with Crippen LogP contribution >= 0.6 is 0 Å². The summed E-state index contributed by atoms with van der Waals surface area (Å²) < 4.78 is 36.5. The fourth-order valence-corrected chi connectivity index (χ4v) is 4.15. The fourth-order valence-electron chi connectivity index (χ4n) is 3.60. The van der Waals surface area contributed by atoms with Gasteiger partial charge in [0.15, 0.2) is 0 Å². The van der Waals surface area contributed by atoms with Gasteiger partial charge in [-0.05, 0) is 56.7 Å². The summed E-state index contributed by atoms with van der Waals surface area (Å²) in [6, 6.07) is 10.3. The maximum Gasteiger partial charge on any atom is 0.251 e. The van der Waals surface area contributed by atoms with Gasteiger partial charge in [-0.2, -0.15) is 0 Å². The first-order chi connectivity index (χ1) is 13.9. The molecule has 1 heterocycles. The third-order valence-electron chi connectivity index (χ3n) is 5.29. The van der Waals surface area contributed by atoms with E-state index >= 15 is 0 Å². The SMILES string of the molecule is COc1ccc2c(c1)[C@@H](NC(=O)c1ccc(C)c(N(C)S(C)(=O)=O)c1)CC(C)(C)O2. The predicted molar refractivity (Wildman–Crippen MR) is 117 cm³/mol. The molecule has 0 spiro atoms. The van der Waals surface area contributed by atoms with Gasteiger partial charge in [-0.25, -0.2) is 8.42 Å². The molecule has 0 fully saturated rings. The summed E-state index contributed by atoms with van der Waals surface area (Å²) in [4.78, 5) is 13.1. The van der Waals surface area contributed by atoms with Gasteiger partial charge in [-0.15, -0.1) is 0 Å². The first-order valence-corrected chi connectivity index (χ1v) is 11.5. The number of sulfonamides is 1. The molecule has 1 aliphatic heterocycles. The topological polar surface area (TPSA) is 84.9 Å². The number of carbonyl (C=O) groups excluding carboxylic acids is 1. The first-order valence-electron chi connectivity index (χ1n) is 9.63. The molecule has 0 saturated carbocycles. The third kappa shape index (κ3) is 4.53. The Kier molecular flexibility index (Phi) is 5.73. The lowest BCUT2D eigenvalue weighted by Crippen LogP contribution is -2.41. The van der Waals surface area contributed by atoms with Crippen LogP contribution in [-0.4, -0.2) is 40.3 Å². The number of ether oxygens (including phenoxy) is 2. The Morgan fingerprint density at radius 2 is 1.93 bits per heavy atom. The molecular weight excluding hydrogens is 404 g/mol. The molecule has 0 saturated heterocycles. The van der Waals surface area contributed by atoms with Crippen molar-refractivity contribution in [3.05, 3.63) is 53.1 Å². The van der Waals surface area contributed by atoms with Crippen LogP contribution in [0.4, 0.5) is 5.69 Å². The van der Waals surface area contributed by atoms with Crippen LogP contribution in [0.15, 0.2) is 36.4 Å². The van der Waals surface area contributed by atoms with E-state index in [2.05, 4.69) is 5.32 Å². The number of fused-ring (bicyclic) bond motifs is 1. The average molecular weight is 433 g/mol. The van der Waals surface area contributed by atoms with Crippen molar-refractivity contribution in [1.82, 2.24) is 5.32 Å². The number of benzene rings is 2. The number of hydrogen-bond donors (Lipinski definition) is 1. The van der Waals surface area contributed by atoms with E-state index in [4.69, 9.17) is 9.47 Å². The van der Waals surface area contributed by atoms with E-state index in [1.807, 2.05) is 39.0 Å². The number of aryl methyl sites for hydroxylation is 1. The number of anilines is 1. The highest BCUT2D eigenvalue weighted by Gasteiger charge is 2.35. The van der Waals surface area contributed by atoms with E-state index in [-0.39, 0.29) is 11.9 Å². The minimum Gasteiger partial charge on any atom is -0.497 e. The zero-order chi connectivity index (χ0) is 22.3. The number of rotatable bonds is 5. The molecule has 0 bridgehead atoms. The molecular formula is C22H28N2O5S. The Morgan fingerprint density at radius 1 is 1.23 bits per heavy atom. The van der Waals surface area contributed by atoms with Crippen molar-refractivity contribution in [2.75, 3.05) is 24.7 Å². The van der Waals surface area contributed by atoms with Gasteiger partial charge in [-0.3, -0.25) is 9.10 Å². The normalized spacial score (nSPS) is 17.5. The molecule has 0 radical (unpaired) electrons. The van der Waals surface area contributed by atoms with E-state index in [0.29, 0.717) is 29.2 Å². The van der Waals surface area contributed by atoms with Gasteiger partial charge in [0.25, 0.3) is 5.91 Å². The predicted octanol–water partition coefficient (Wildman–Crippen LogP) is 3.43. The first kappa shape index (κ1) is 22.0. The van der Waals surface area contributed by atoms with Gasteiger partial charge in [0.2, 0.25) is 10.0 Å². The minimum atomic E-state index is -3.44. The number of nitrogens with one attached hydrogen (secondary N) is 1. The summed E-state index contributed by atoms with van der Waals surface area (Å²) in [6.07, 6.45) is 1.72. The summed E-state index contributed by atoms with van der Waals surface area (Å²) in [7, 11) is -0.373. The summed E-state index contributed by atoms with van der Waals surface area (Å²) in [5, 5.41) is 3.08. The summed E-state index contributed by atoms with van der Waals surface area (Å²) in [5.41, 5.74) is 2.03. The number of nitrogens with zero attached hydrogens (tertiary/aromatic N) is 1. The van der Waals surface area contributed by atoms with E-state index in [1.54, 1.807) is 25.3 Å². The molecule has 7 nitrogen and oxygen atoms in total. The Bertz CT molecular complexity index is 1080. The number of methoxy groups -OCH3 is 1. The Balaban J connectivity index is 1.93. The van der Waals surface area contributed by atoms with Crippen LogP contribution in [0.1, 0.15) is 47.8 Å². The molecule has 8 heteroatoms. The van der Waals surface area contributed by atoms with Gasteiger partial charge in [0, 0.05) is 24.6 Å². The number of hydrogen-bond acceptors (Lipinski definition) is 5. The van der Waals surface area contributed by atoms with Crippen LogP contribution in [0.2, 0.25) is 0 Å². The standard InChI is InChI=1S/C22H28N2O5S/c1-14-7-8-15(11-19(14)24(4)30(6,26)27)21(25)23-18-13-22(2,3)29-20-10-9-16(28-5)12-17(18)20/h7-12,18H,13H2,1-6H3,(H,23,25)/t18-/m0/s1. The number of amides is 1. The van der Waals surface area contributed by atoms with Gasteiger partial charge in [0.1, 0.15) is 17.1 Å². The molecule has 0 unspecified atom stereocenters. The lowest BCUT2D eigenvalue weighted by atomic mass is 9.89. The van der Waals surface area contributed by atoms with Crippen molar-refractivity contribution < 1.29 is 22.7 Å². The Morgan fingerprint density at radius 3 is 2.57 bits per heavy atom. The van der Waals surface area contributed by atoms with Crippen molar-refractivity contribution in [3.8, 4) is 11.5 Å². The highest BCUT2D eigenvalue weighted by molar-refractivity contribution is 7.92. The second-order valence-corrected chi connectivity index (χ2v) is 10.2. The molecule has 1 aliphatic rings. The maximum atomic E-state index is 13.1. The summed E-state index contributed by atoms with van der Waals surface area (Å²) in [5.74, 6) is 1.11. The van der Waals surface area contributed by atoms with Gasteiger partial charge < -0.3 is 14.8 Å². The minimum absolute atomic E-state index is 0.274. The van der Waals surface area contributed by atoms with Crippen LogP contribution in [-0.2, 0) is 10.0 Å². The van der Waals surface area contributed by atoms with Crippen molar-refractivity contribution >= 4 is 21.6 Å². The Hall–Kier alpha value is -2.74. The lowest BCUT2D eigenvalue weighted by Gasteiger charge is -2.38. The molecule has 162 valence electrons. The van der Waals surface area contributed by atoms with Crippen molar-refractivity contribution in [2.24, 2.45) is 0 Å². The number of carbonyl (C=O) groups is 1. The maximum absolute atomic E-state index is 13.1. The van der Waals surface area contributed by atoms with Crippen LogP contribution < -0.4 is 19.1 Å². The molecule has 1 N–H and O–H groups in total. The Labute approximate surface area is 178 Å². The monoisotopic (exact) mass is 432 g/mol. The average Bonchev–Trinajstić information content (AvgIpc) is 2.66. The summed E-state index contributed by atoms with van der Waals surface area (Å²) >= 11 is 0. The molecule has 30 heavy (non-hydrogen) atoms. The largest absolute Gasteiger partial charge is 0.497 e. The second kappa shape index (κ2) is 7.83.